The molecule has 1 amide bonds. The minimum atomic E-state index is -0.298. The van der Waals surface area contributed by atoms with E-state index in [0.29, 0.717) is 5.69 Å². The number of quaternary nitrogens is 1. The number of nitrogens with one attached hydrogen (secondary N) is 1. The minimum Gasteiger partial charge on any atom is -0.328 e. The van der Waals surface area contributed by atoms with E-state index < -0.39 is 0 Å². The minimum absolute atomic E-state index is 0.155. The Morgan fingerprint density at radius 1 is 1.14 bits per heavy atom. The number of aromatic nitrogens is 1. The Kier molecular flexibility index (Phi) is 6.74. The van der Waals surface area contributed by atoms with Gasteiger partial charge >= 0.3 is 0 Å². The first kappa shape index (κ1) is 20.0. The predicted octanol–water partition coefficient (Wildman–Crippen LogP) is 3.73. The summed E-state index contributed by atoms with van der Waals surface area (Å²) in [5.74, 6) is -0.505. The fourth-order valence-electron chi connectivity index (χ4n) is 3.03. The number of rotatable bonds is 7. The Balaban J connectivity index is 1.77. The number of nitrogens with two attached hydrogens (primary N) is 1. The van der Waals surface area contributed by atoms with Gasteiger partial charge in [0.2, 0.25) is 0 Å². The van der Waals surface area contributed by atoms with E-state index in [2.05, 4.69) is 29.4 Å². The van der Waals surface area contributed by atoms with Gasteiger partial charge in [-0.1, -0.05) is 54.9 Å². The van der Waals surface area contributed by atoms with Crippen molar-refractivity contribution >= 4 is 23.2 Å². The lowest BCUT2D eigenvalue weighted by molar-refractivity contribution is -0.676. The molecule has 0 saturated heterocycles. The first-order valence-electron chi connectivity index (χ1n) is 9.15. The smallest absolute Gasteiger partial charge is 0.279 e. The number of nitrogens with zero attached hydrogens (tertiary/aromatic N) is 1. The van der Waals surface area contributed by atoms with Crippen molar-refractivity contribution in [2.45, 2.75) is 19.4 Å². The van der Waals surface area contributed by atoms with Crippen LogP contribution in [0.3, 0.4) is 0 Å². The third-order valence-corrected chi connectivity index (χ3v) is 4.83. The second-order valence-electron chi connectivity index (χ2n) is 6.46. The first-order chi connectivity index (χ1) is 13.6. The molecule has 3 rings (SSSR count). The summed E-state index contributed by atoms with van der Waals surface area (Å²) in [5, 5.41) is 4.89. The summed E-state index contributed by atoms with van der Waals surface area (Å²) in [6.45, 7) is 2.25. The summed E-state index contributed by atoms with van der Waals surface area (Å²) in [5.41, 5.74) is 3.51. The lowest BCUT2D eigenvalue weighted by Gasteiger charge is -2.17. The van der Waals surface area contributed by atoms with Crippen LogP contribution in [0.15, 0.2) is 66.9 Å². The molecule has 4 nitrogen and oxygen atoms in total. The maximum atomic E-state index is 13.8. The maximum Gasteiger partial charge on any atom is 0.279 e. The topological polar surface area (TPSA) is 58.6 Å². The van der Waals surface area contributed by atoms with Gasteiger partial charge in [-0.3, -0.25) is 4.79 Å². The summed E-state index contributed by atoms with van der Waals surface area (Å²) >= 11 is 5.99. The van der Waals surface area contributed by atoms with Crippen LogP contribution in [0.25, 0.3) is 0 Å². The summed E-state index contributed by atoms with van der Waals surface area (Å²) < 4.78 is 13.8. The monoisotopic (exact) mass is 398 g/mol. The Morgan fingerprint density at radius 2 is 1.93 bits per heavy atom. The molecule has 0 spiro atoms. The number of aryl methyl sites for hydroxylation is 1. The quantitative estimate of drug-likeness (QED) is 0.596. The summed E-state index contributed by atoms with van der Waals surface area (Å²) in [7, 11) is 0. The van der Waals surface area contributed by atoms with Gasteiger partial charge in [0.05, 0.1) is 5.69 Å². The highest BCUT2D eigenvalue weighted by molar-refractivity contribution is 6.32. The molecular weight excluding hydrogens is 377 g/mol. The van der Waals surface area contributed by atoms with Gasteiger partial charge in [0.15, 0.2) is 11.7 Å². The van der Waals surface area contributed by atoms with Crippen LogP contribution in [0.1, 0.15) is 29.7 Å². The predicted molar refractivity (Wildman–Crippen MR) is 109 cm³/mol. The number of halogens is 2. The molecule has 0 saturated carbocycles. The van der Waals surface area contributed by atoms with E-state index in [1.807, 2.05) is 23.5 Å². The highest BCUT2D eigenvalue weighted by atomic mass is 35.5. The van der Waals surface area contributed by atoms with Gasteiger partial charge in [0, 0.05) is 17.3 Å². The lowest BCUT2D eigenvalue weighted by Crippen LogP contribution is -2.87. The number of amides is 1. The van der Waals surface area contributed by atoms with E-state index in [4.69, 9.17) is 11.6 Å². The van der Waals surface area contributed by atoms with Crippen molar-refractivity contribution in [1.29, 1.82) is 0 Å². The molecule has 1 atom stereocenters. The molecule has 1 aromatic heterocycles. The second kappa shape index (κ2) is 9.44. The van der Waals surface area contributed by atoms with Crippen LogP contribution < -0.4 is 10.6 Å². The first-order valence-corrected chi connectivity index (χ1v) is 9.52. The van der Waals surface area contributed by atoms with Gasteiger partial charge in [-0.2, -0.15) is 0 Å². The zero-order valence-corrected chi connectivity index (χ0v) is 16.3. The number of hydrogen-bond donors (Lipinski definition) is 2. The largest absolute Gasteiger partial charge is 0.328 e. The molecule has 3 aromatic rings. The zero-order valence-electron chi connectivity index (χ0n) is 15.5. The Bertz CT molecular complexity index is 947. The van der Waals surface area contributed by atoms with E-state index in [-0.39, 0.29) is 29.5 Å². The SMILES string of the molecule is CCc1ccc([C@H]([NH2+]CC(=O)Nc2cccnc2Cl)c2cccc(F)c2)cc1. The van der Waals surface area contributed by atoms with Gasteiger partial charge in [-0.15, -0.1) is 0 Å². The van der Waals surface area contributed by atoms with Crippen LogP contribution in [0.4, 0.5) is 10.1 Å². The van der Waals surface area contributed by atoms with E-state index in [0.717, 1.165) is 17.5 Å². The molecule has 0 fully saturated rings. The van der Waals surface area contributed by atoms with Gasteiger partial charge in [0.1, 0.15) is 11.9 Å². The van der Waals surface area contributed by atoms with Crippen LogP contribution in [0.2, 0.25) is 5.15 Å². The number of pyridine rings is 1. The lowest BCUT2D eigenvalue weighted by atomic mass is 9.97. The third kappa shape index (κ3) is 5.15. The molecule has 28 heavy (non-hydrogen) atoms. The van der Waals surface area contributed by atoms with Crippen LogP contribution in [0, 0.1) is 5.82 Å². The fourth-order valence-corrected chi connectivity index (χ4v) is 3.20. The van der Waals surface area contributed by atoms with Crippen molar-refractivity contribution in [2.75, 3.05) is 11.9 Å². The number of hydrogen-bond acceptors (Lipinski definition) is 2. The van der Waals surface area contributed by atoms with Gasteiger partial charge < -0.3 is 10.6 Å². The van der Waals surface area contributed by atoms with E-state index in [9.17, 15) is 9.18 Å². The van der Waals surface area contributed by atoms with E-state index >= 15 is 0 Å². The Hall–Kier alpha value is -2.76. The molecule has 2 aromatic carbocycles. The molecule has 0 bridgehead atoms. The Labute approximate surface area is 168 Å². The van der Waals surface area contributed by atoms with Crippen molar-refractivity contribution in [2.24, 2.45) is 0 Å². The standard InChI is InChI=1S/C22H21ClFN3O/c1-2-15-8-10-16(11-9-15)21(17-5-3-6-18(24)13-17)26-14-20(28)27-19-7-4-12-25-22(19)23/h3-13,21,26H,2,14H2,1H3,(H,27,28)/p+1/t21-/m0/s1. The number of carbonyl (C=O) groups excluding carboxylic acids is 1. The van der Waals surface area contributed by atoms with Crippen LogP contribution >= 0.6 is 11.6 Å². The number of carbonyl (C=O) groups is 1. The molecular formula is C22H22ClFN3O+. The van der Waals surface area contributed by atoms with Crippen LogP contribution in [-0.2, 0) is 11.2 Å². The van der Waals surface area contributed by atoms with Crippen LogP contribution in [0.5, 0.6) is 0 Å². The molecule has 3 N–H and O–H groups in total. The van der Waals surface area contributed by atoms with Crippen molar-refractivity contribution in [3.63, 3.8) is 0 Å². The maximum absolute atomic E-state index is 13.8. The zero-order chi connectivity index (χ0) is 19.9. The fraction of sp³-hybridized carbons (Fsp3) is 0.182. The van der Waals surface area contributed by atoms with Crippen molar-refractivity contribution in [3.8, 4) is 0 Å². The van der Waals surface area contributed by atoms with Gasteiger partial charge in [0.25, 0.3) is 5.91 Å². The molecule has 0 aliphatic heterocycles. The molecule has 0 aliphatic carbocycles. The van der Waals surface area contributed by atoms with Crippen molar-refractivity contribution in [3.05, 3.63) is 94.5 Å². The Morgan fingerprint density at radius 3 is 2.61 bits per heavy atom. The highest BCUT2D eigenvalue weighted by Gasteiger charge is 2.20. The number of benzene rings is 2. The average Bonchev–Trinajstić information content (AvgIpc) is 2.70. The summed E-state index contributed by atoms with van der Waals surface area (Å²) in [4.78, 5) is 16.3. The van der Waals surface area contributed by atoms with Crippen LogP contribution in [-0.4, -0.2) is 17.4 Å². The molecule has 1 heterocycles. The summed E-state index contributed by atoms with van der Waals surface area (Å²) in [6.07, 6.45) is 2.51. The summed E-state index contributed by atoms with van der Waals surface area (Å²) in [6, 6.07) is 17.9. The number of anilines is 1. The van der Waals surface area contributed by atoms with E-state index in [1.165, 1.54) is 17.7 Å². The molecule has 0 radical (unpaired) electrons. The molecule has 0 unspecified atom stereocenters. The van der Waals surface area contributed by atoms with Crippen molar-refractivity contribution < 1.29 is 14.5 Å². The molecule has 0 aliphatic rings. The van der Waals surface area contributed by atoms with Crippen molar-refractivity contribution in [1.82, 2.24) is 4.98 Å². The van der Waals surface area contributed by atoms with E-state index in [1.54, 1.807) is 24.4 Å². The molecule has 6 heteroatoms. The molecule has 144 valence electrons. The normalized spacial score (nSPS) is 11.8. The highest BCUT2D eigenvalue weighted by Crippen LogP contribution is 2.20. The average molecular weight is 399 g/mol. The third-order valence-electron chi connectivity index (χ3n) is 4.53. The van der Waals surface area contributed by atoms with Gasteiger partial charge in [-0.25, -0.2) is 9.37 Å². The second-order valence-corrected chi connectivity index (χ2v) is 6.82. The van der Waals surface area contributed by atoms with Gasteiger partial charge in [-0.05, 0) is 36.2 Å².